The largest absolute Gasteiger partial charge is 0.434 e. The highest BCUT2D eigenvalue weighted by Gasteiger charge is 2.75. The van der Waals surface area contributed by atoms with Gasteiger partial charge in [0.15, 0.2) is 0 Å². The number of rotatable bonds is 2. The fraction of sp³-hybridized carbons (Fsp3) is 0.500. The quantitative estimate of drug-likeness (QED) is 0.588. The summed E-state index contributed by atoms with van der Waals surface area (Å²) in [6.45, 7) is -0.840. The van der Waals surface area contributed by atoms with Crippen molar-refractivity contribution < 1.29 is 27.1 Å². The standard InChI is InChI=1S/C14H11BrClF4NO2/c15-8-3-4-10(17)9(5-8)12(7-1-2-7)13(16,14(18,19)20)23-6-11(22)21-12/h3-5,7H,1-2,6H2,(H,21,22). The number of carbonyl (C=O) groups excluding carboxylic acids is 1. The maximum Gasteiger partial charge on any atom is 0.434 e. The van der Waals surface area contributed by atoms with E-state index in [0.29, 0.717) is 17.3 Å². The van der Waals surface area contributed by atoms with Crippen LogP contribution < -0.4 is 5.32 Å². The van der Waals surface area contributed by atoms with Gasteiger partial charge in [0.25, 0.3) is 5.06 Å². The zero-order valence-corrected chi connectivity index (χ0v) is 13.9. The first-order valence-electron chi connectivity index (χ1n) is 6.78. The molecule has 2 atom stereocenters. The van der Waals surface area contributed by atoms with Crippen molar-refractivity contribution >= 4 is 33.4 Å². The number of benzene rings is 1. The molecule has 1 aromatic carbocycles. The Bertz CT molecular complexity index is 667. The van der Waals surface area contributed by atoms with E-state index in [1.807, 2.05) is 0 Å². The summed E-state index contributed by atoms with van der Waals surface area (Å²) in [4.78, 5) is 11.8. The first-order valence-corrected chi connectivity index (χ1v) is 7.95. The lowest BCUT2D eigenvalue weighted by molar-refractivity contribution is -0.280. The topological polar surface area (TPSA) is 38.3 Å². The third-order valence-corrected chi connectivity index (χ3v) is 5.27. The van der Waals surface area contributed by atoms with Gasteiger partial charge < -0.3 is 10.1 Å². The Kier molecular flexibility index (Phi) is 3.93. The van der Waals surface area contributed by atoms with Crippen molar-refractivity contribution in [3.63, 3.8) is 0 Å². The van der Waals surface area contributed by atoms with Gasteiger partial charge in [-0.25, -0.2) is 4.39 Å². The van der Waals surface area contributed by atoms with Gasteiger partial charge in [0, 0.05) is 10.0 Å². The first-order chi connectivity index (χ1) is 10.6. The highest BCUT2D eigenvalue weighted by atomic mass is 79.9. The maximum absolute atomic E-state index is 14.4. The van der Waals surface area contributed by atoms with Crippen molar-refractivity contribution in [2.24, 2.45) is 5.92 Å². The van der Waals surface area contributed by atoms with Crippen molar-refractivity contribution in [2.75, 3.05) is 6.61 Å². The van der Waals surface area contributed by atoms with Crippen LogP contribution >= 0.6 is 27.5 Å². The molecule has 3 rings (SSSR count). The summed E-state index contributed by atoms with van der Waals surface area (Å²) in [7, 11) is 0. The SMILES string of the molecule is O=C1COC(Cl)(C(F)(F)F)C(c2cc(Br)ccc2F)(C2CC2)N1. The van der Waals surface area contributed by atoms with E-state index in [-0.39, 0.29) is 5.56 Å². The summed E-state index contributed by atoms with van der Waals surface area (Å²) in [6, 6.07) is 3.58. The average molecular weight is 417 g/mol. The zero-order chi connectivity index (χ0) is 17.0. The zero-order valence-electron chi connectivity index (χ0n) is 11.5. The van der Waals surface area contributed by atoms with Gasteiger partial charge in [0.1, 0.15) is 18.0 Å². The molecule has 1 amide bonds. The first kappa shape index (κ1) is 17.0. The summed E-state index contributed by atoms with van der Waals surface area (Å²) in [6.07, 6.45) is -4.26. The smallest absolute Gasteiger partial charge is 0.340 e. The molecular weight excluding hydrogens is 406 g/mol. The van der Waals surface area contributed by atoms with E-state index in [2.05, 4.69) is 21.2 Å². The molecule has 2 fully saturated rings. The number of hydrogen-bond acceptors (Lipinski definition) is 2. The Morgan fingerprint density at radius 1 is 1.35 bits per heavy atom. The van der Waals surface area contributed by atoms with Gasteiger partial charge in [0.2, 0.25) is 5.91 Å². The van der Waals surface area contributed by atoms with Crippen molar-refractivity contribution in [3.05, 3.63) is 34.1 Å². The van der Waals surface area contributed by atoms with Crippen LogP contribution in [0.15, 0.2) is 22.7 Å². The van der Waals surface area contributed by atoms with Crippen molar-refractivity contribution in [2.45, 2.75) is 29.6 Å². The number of amides is 1. The van der Waals surface area contributed by atoms with Crippen LogP contribution in [0.2, 0.25) is 0 Å². The van der Waals surface area contributed by atoms with E-state index in [1.165, 1.54) is 12.1 Å². The van der Waals surface area contributed by atoms with Gasteiger partial charge in [-0.15, -0.1) is 0 Å². The molecule has 2 unspecified atom stereocenters. The number of nitrogens with one attached hydrogen (secondary N) is 1. The van der Waals surface area contributed by atoms with Gasteiger partial charge in [-0.1, -0.05) is 27.5 Å². The monoisotopic (exact) mass is 415 g/mol. The van der Waals surface area contributed by atoms with Crippen molar-refractivity contribution in [3.8, 4) is 0 Å². The van der Waals surface area contributed by atoms with Gasteiger partial charge in [-0.2, -0.15) is 13.2 Å². The third-order valence-electron chi connectivity index (χ3n) is 4.15. The predicted molar refractivity (Wildman–Crippen MR) is 77.2 cm³/mol. The molecule has 1 aliphatic heterocycles. The molecule has 3 nitrogen and oxygen atoms in total. The van der Waals surface area contributed by atoms with Crippen LogP contribution in [0.3, 0.4) is 0 Å². The van der Waals surface area contributed by atoms with Gasteiger partial charge >= 0.3 is 6.18 Å². The van der Waals surface area contributed by atoms with Crippen LogP contribution in [0.5, 0.6) is 0 Å². The van der Waals surface area contributed by atoms with Crippen LogP contribution in [-0.2, 0) is 15.1 Å². The van der Waals surface area contributed by atoms with E-state index >= 15 is 0 Å². The Morgan fingerprint density at radius 2 is 2.00 bits per heavy atom. The summed E-state index contributed by atoms with van der Waals surface area (Å²) in [5, 5.41) is -0.943. The number of halogens is 6. The van der Waals surface area contributed by atoms with E-state index < -0.39 is 41.0 Å². The number of morpholine rings is 1. The van der Waals surface area contributed by atoms with Crippen LogP contribution in [0.25, 0.3) is 0 Å². The minimum Gasteiger partial charge on any atom is -0.340 e. The Morgan fingerprint density at radius 3 is 2.57 bits per heavy atom. The molecule has 1 N–H and O–H groups in total. The normalized spacial score (nSPS) is 31.8. The number of hydrogen-bond donors (Lipinski definition) is 1. The lowest BCUT2D eigenvalue weighted by Gasteiger charge is -2.50. The lowest BCUT2D eigenvalue weighted by Crippen LogP contribution is -2.71. The molecule has 1 saturated heterocycles. The molecule has 0 radical (unpaired) electrons. The number of alkyl halides is 4. The highest BCUT2D eigenvalue weighted by Crippen LogP contribution is 2.60. The van der Waals surface area contributed by atoms with E-state index in [0.717, 1.165) is 6.07 Å². The predicted octanol–water partition coefficient (Wildman–Crippen LogP) is 3.84. The summed E-state index contributed by atoms with van der Waals surface area (Å²) >= 11 is 9.00. The lowest BCUT2D eigenvalue weighted by atomic mass is 9.77. The molecule has 9 heteroatoms. The molecule has 1 heterocycles. The van der Waals surface area contributed by atoms with Gasteiger partial charge in [0.05, 0.1) is 0 Å². The Labute approximate surface area is 142 Å². The second-order valence-corrected chi connectivity index (χ2v) is 7.08. The van der Waals surface area contributed by atoms with Gasteiger partial charge in [-0.05, 0) is 37.0 Å². The Hall–Kier alpha value is -0.860. The second-order valence-electron chi connectivity index (χ2n) is 5.64. The van der Waals surface area contributed by atoms with Gasteiger partial charge in [-0.3, -0.25) is 4.79 Å². The second kappa shape index (κ2) is 5.32. The molecule has 1 aliphatic carbocycles. The molecule has 2 aliphatic rings. The molecule has 126 valence electrons. The third kappa shape index (κ3) is 2.46. The number of carbonyl (C=O) groups is 1. The molecule has 1 saturated carbocycles. The van der Waals surface area contributed by atoms with E-state index in [9.17, 15) is 22.4 Å². The summed E-state index contributed by atoms with van der Waals surface area (Å²) in [5.74, 6) is -2.33. The maximum atomic E-state index is 14.4. The molecule has 1 aromatic rings. The molecule has 23 heavy (non-hydrogen) atoms. The minimum absolute atomic E-state index is 0.338. The fourth-order valence-corrected chi connectivity index (χ4v) is 3.78. The average Bonchev–Trinajstić information content (AvgIpc) is 3.28. The van der Waals surface area contributed by atoms with Crippen LogP contribution in [0.1, 0.15) is 18.4 Å². The van der Waals surface area contributed by atoms with Crippen LogP contribution in [0.4, 0.5) is 17.6 Å². The van der Waals surface area contributed by atoms with E-state index in [1.54, 1.807) is 0 Å². The molecule has 0 bridgehead atoms. The Balaban J connectivity index is 2.28. The van der Waals surface area contributed by atoms with Crippen LogP contribution in [-0.4, -0.2) is 23.8 Å². The van der Waals surface area contributed by atoms with Crippen LogP contribution in [0, 0.1) is 11.7 Å². The van der Waals surface area contributed by atoms with Crippen molar-refractivity contribution in [1.82, 2.24) is 5.32 Å². The number of ether oxygens (including phenoxy) is 1. The van der Waals surface area contributed by atoms with Crippen molar-refractivity contribution in [1.29, 1.82) is 0 Å². The minimum atomic E-state index is -5.01. The summed E-state index contributed by atoms with van der Waals surface area (Å²) < 4.78 is 60.7. The molecule has 0 spiro atoms. The van der Waals surface area contributed by atoms with E-state index in [4.69, 9.17) is 16.3 Å². The highest BCUT2D eigenvalue weighted by molar-refractivity contribution is 9.10. The molecular formula is C14H11BrClF4NO2. The summed E-state index contributed by atoms with van der Waals surface area (Å²) in [5.41, 5.74) is -2.55. The fourth-order valence-electron chi connectivity index (χ4n) is 3.06. The molecule has 0 aromatic heterocycles.